The molecule has 0 aromatic carbocycles. The predicted molar refractivity (Wildman–Crippen MR) is 50.5 cm³/mol. The lowest BCUT2D eigenvalue weighted by Crippen LogP contribution is -2.36. The molecule has 1 unspecified atom stereocenters. The summed E-state index contributed by atoms with van der Waals surface area (Å²) in [5.41, 5.74) is 2.69. The van der Waals surface area contributed by atoms with E-state index < -0.39 is 0 Å². The van der Waals surface area contributed by atoms with Crippen LogP contribution in [0.4, 0.5) is 0 Å². The second-order valence-electron chi connectivity index (χ2n) is 3.21. The third-order valence-corrected chi connectivity index (χ3v) is 2.50. The first kappa shape index (κ1) is 8.90. The molecule has 1 atom stereocenters. The molecule has 1 fully saturated rings. The summed E-state index contributed by atoms with van der Waals surface area (Å²) in [7, 11) is 0. The molecule has 2 rings (SSSR count). The van der Waals surface area contributed by atoms with E-state index in [-0.39, 0.29) is 11.9 Å². The zero-order chi connectivity index (χ0) is 9.26. The maximum absolute atomic E-state index is 11.3. The molecule has 1 heterocycles. The Kier molecular flexibility index (Phi) is 2.46. The van der Waals surface area contributed by atoms with E-state index in [4.69, 9.17) is 4.84 Å². The molecule has 1 aliphatic heterocycles. The average Bonchev–Trinajstić information content (AvgIpc) is 2.84. The van der Waals surface area contributed by atoms with Crippen LogP contribution in [0.3, 0.4) is 0 Å². The van der Waals surface area contributed by atoms with Gasteiger partial charge in [0.1, 0.15) is 11.8 Å². The van der Waals surface area contributed by atoms with Crippen molar-refractivity contribution in [3.05, 3.63) is 11.8 Å². The van der Waals surface area contributed by atoms with Crippen LogP contribution in [0.2, 0.25) is 0 Å². The third kappa shape index (κ3) is 1.97. The summed E-state index contributed by atoms with van der Waals surface area (Å²) < 4.78 is 2.66. The first-order valence-corrected chi connectivity index (χ1v) is 5.50. The van der Waals surface area contributed by atoms with Gasteiger partial charge in [-0.1, -0.05) is 11.9 Å². The number of hydroxylamine groups is 1. The Morgan fingerprint density at radius 2 is 2.54 bits per heavy atom. The minimum atomic E-state index is -0.317. The fourth-order valence-corrected chi connectivity index (χ4v) is 1.57. The van der Waals surface area contributed by atoms with Crippen molar-refractivity contribution in [2.75, 3.05) is 6.26 Å². The lowest BCUT2D eigenvalue weighted by atomic mass is 10.2. The maximum Gasteiger partial charge on any atom is 0.254 e. The van der Waals surface area contributed by atoms with Crippen LogP contribution in [0.1, 0.15) is 12.8 Å². The topological polar surface area (TPSA) is 50.4 Å². The van der Waals surface area contributed by atoms with Crippen LogP contribution in [0.5, 0.6) is 0 Å². The van der Waals surface area contributed by atoms with Gasteiger partial charge in [0.2, 0.25) is 0 Å². The van der Waals surface area contributed by atoms with Gasteiger partial charge >= 0.3 is 0 Å². The van der Waals surface area contributed by atoms with E-state index in [9.17, 15) is 4.79 Å². The molecular weight excluding hydrogens is 188 g/mol. The van der Waals surface area contributed by atoms with Crippen molar-refractivity contribution in [3.63, 3.8) is 0 Å². The Balaban J connectivity index is 1.91. The van der Waals surface area contributed by atoms with Gasteiger partial charge in [0.25, 0.3) is 5.91 Å². The van der Waals surface area contributed by atoms with Gasteiger partial charge in [-0.05, 0) is 18.9 Å². The minimum Gasteiger partial charge on any atom is -0.412 e. The van der Waals surface area contributed by atoms with Crippen LogP contribution in [-0.4, -0.2) is 18.2 Å². The monoisotopic (exact) mass is 200 g/mol. The highest BCUT2D eigenvalue weighted by Gasteiger charge is 2.34. The van der Waals surface area contributed by atoms with Crippen LogP contribution in [0, 0.1) is 5.92 Å². The van der Waals surface area contributed by atoms with Crippen LogP contribution in [-0.2, 0) is 9.63 Å². The molecule has 1 amide bonds. The Hall–Kier alpha value is -0.680. The van der Waals surface area contributed by atoms with E-state index in [1.165, 1.54) is 24.8 Å². The molecule has 2 N–H and O–H groups in total. The summed E-state index contributed by atoms with van der Waals surface area (Å²) in [5, 5.41) is 0. The quantitative estimate of drug-likeness (QED) is 0.654. The molecule has 4 nitrogen and oxygen atoms in total. The van der Waals surface area contributed by atoms with E-state index in [1.807, 2.05) is 12.3 Å². The average molecular weight is 200 g/mol. The molecule has 0 aromatic rings. The number of amides is 1. The fraction of sp³-hybridized carbons (Fsp3) is 0.625. The van der Waals surface area contributed by atoms with Crippen molar-refractivity contribution in [2.45, 2.75) is 18.9 Å². The van der Waals surface area contributed by atoms with Crippen LogP contribution in [0.15, 0.2) is 11.8 Å². The van der Waals surface area contributed by atoms with Crippen LogP contribution in [0.25, 0.3) is 0 Å². The van der Waals surface area contributed by atoms with Gasteiger partial charge in [-0.2, -0.15) is 0 Å². The summed E-state index contributed by atoms with van der Waals surface area (Å²) in [5.74, 6) is 1.43. The summed E-state index contributed by atoms with van der Waals surface area (Å²) in [6.07, 6.45) is 6.05. The smallest absolute Gasteiger partial charge is 0.254 e. The van der Waals surface area contributed by atoms with Gasteiger partial charge in [-0.3, -0.25) is 9.52 Å². The van der Waals surface area contributed by atoms with Crippen molar-refractivity contribution >= 4 is 17.9 Å². The van der Waals surface area contributed by atoms with Gasteiger partial charge in [-0.25, -0.2) is 0 Å². The number of nitrogens with one attached hydrogen (secondary N) is 2. The molecule has 0 spiro atoms. The Labute approximate surface area is 81.2 Å². The number of hydrogen-bond acceptors (Lipinski definition) is 4. The molecule has 1 saturated carbocycles. The van der Waals surface area contributed by atoms with E-state index in [1.54, 1.807) is 0 Å². The minimum absolute atomic E-state index is 0.0526. The van der Waals surface area contributed by atoms with Crippen LogP contribution < -0.4 is 10.2 Å². The van der Waals surface area contributed by atoms with Crippen molar-refractivity contribution in [1.82, 2.24) is 10.2 Å². The van der Waals surface area contributed by atoms with Gasteiger partial charge in [0.15, 0.2) is 0 Å². The van der Waals surface area contributed by atoms with Crippen molar-refractivity contribution in [3.8, 4) is 0 Å². The molecule has 2 aliphatic rings. The molecule has 72 valence electrons. The number of carbonyl (C=O) groups is 1. The summed E-state index contributed by atoms with van der Waals surface area (Å²) in [6, 6.07) is -0.317. The van der Waals surface area contributed by atoms with Crippen molar-refractivity contribution in [1.29, 1.82) is 0 Å². The first-order chi connectivity index (χ1) is 6.31. The van der Waals surface area contributed by atoms with Crippen molar-refractivity contribution < 1.29 is 9.63 Å². The van der Waals surface area contributed by atoms with Gasteiger partial charge < -0.3 is 4.84 Å². The zero-order valence-electron chi connectivity index (χ0n) is 7.37. The normalized spacial score (nSPS) is 26.5. The van der Waals surface area contributed by atoms with E-state index >= 15 is 0 Å². The second kappa shape index (κ2) is 3.59. The Morgan fingerprint density at radius 3 is 3.15 bits per heavy atom. The number of allylic oxidation sites excluding steroid dienone is 1. The van der Waals surface area contributed by atoms with Gasteiger partial charge in [-0.15, -0.1) is 5.48 Å². The lowest BCUT2D eigenvalue weighted by molar-refractivity contribution is -0.121. The van der Waals surface area contributed by atoms with Crippen LogP contribution >= 0.6 is 11.9 Å². The molecule has 1 aliphatic carbocycles. The van der Waals surface area contributed by atoms with E-state index in [2.05, 4.69) is 10.2 Å². The Bertz CT molecular complexity index is 251. The summed E-state index contributed by atoms with van der Waals surface area (Å²) in [4.78, 5) is 16.5. The highest BCUT2D eigenvalue weighted by molar-refractivity contribution is 7.97. The standard InChI is InChI=1S/C8H12N2O2S/c1-13-10-8(11)6-4-7(12-9-6)5-2-3-5/h4-6,9H,2-3H2,1H3,(H,10,11). The summed E-state index contributed by atoms with van der Waals surface area (Å²) in [6.45, 7) is 0. The van der Waals surface area contributed by atoms with E-state index in [0.717, 1.165) is 5.76 Å². The van der Waals surface area contributed by atoms with Gasteiger partial charge in [0.05, 0.1) is 0 Å². The number of carbonyl (C=O) groups excluding carboxylic acids is 1. The first-order valence-electron chi connectivity index (χ1n) is 4.28. The molecular formula is C8H12N2O2S. The largest absolute Gasteiger partial charge is 0.412 e. The number of rotatable bonds is 3. The van der Waals surface area contributed by atoms with Gasteiger partial charge in [0, 0.05) is 12.2 Å². The zero-order valence-corrected chi connectivity index (χ0v) is 8.19. The second-order valence-corrected chi connectivity index (χ2v) is 3.82. The Morgan fingerprint density at radius 1 is 1.77 bits per heavy atom. The predicted octanol–water partition coefficient (Wildman–Crippen LogP) is 0.578. The molecule has 13 heavy (non-hydrogen) atoms. The maximum atomic E-state index is 11.3. The molecule has 0 aromatic heterocycles. The highest BCUT2D eigenvalue weighted by Crippen LogP contribution is 2.38. The number of hydrogen-bond donors (Lipinski definition) is 2. The molecule has 0 radical (unpaired) electrons. The highest BCUT2D eigenvalue weighted by atomic mass is 32.2. The fourth-order valence-electron chi connectivity index (χ4n) is 1.24. The molecule has 5 heteroatoms. The third-order valence-electron chi connectivity index (χ3n) is 2.10. The SMILES string of the molecule is CSNC(=O)C1C=C(C2CC2)ON1. The summed E-state index contributed by atoms with van der Waals surface area (Å²) >= 11 is 1.30. The molecule has 0 saturated heterocycles. The van der Waals surface area contributed by atoms with Crippen molar-refractivity contribution in [2.24, 2.45) is 5.92 Å². The van der Waals surface area contributed by atoms with E-state index in [0.29, 0.717) is 5.92 Å². The molecule has 0 bridgehead atoms. The lowest BCUT2D eigenvalue weighted by Gasteiger charge is -2.05.